The number of carbonyl (C=O) groups excluding carboxylic acids is 2. The lowest BCUT2D eigenvalue weighted by atomic mass is 9.99. The molecule has 1 amide bonds. The van der Waals surface area contributed by atoms with E-state index in [4.69, 9.17) is 14.2 Å². The average molecular weight is 1120 g/mol. The molecular weight excluding hydrogens is 1000 g/mol. The molecule has 1 fully saturated rings. The molecule has 11 heteroatoms. The summed E-state index contributed by atoms with van der Waals surface area (Å²) in [5, 5.41) is 57.0. The van der Waals surface area contributed by atoms with Crippen molar-refractivity contribution in [2.75, 3.05) is 13.2 Å². The molecule has 0 aromatic rings. The summed E-state index contributed by atoms with van der Waals surface area (Å²) in [7, 11) is 0. The van der Waals surface area contributed by atoms with Crippen LogP contribution in [0.4, 0.5) is 0 Å². The van der Waals surface area contributed by atoms with Gasteiger partial charge in [-0.2, -0.15) is 0 Å². The Balaban J connectivity index is 2.62. The van der Waals surface area contributed by atoms with Crippen LogP contribution in [0, 0.1) is 0 Å². The number of rotatable bonds is 55. The van der Waals surface area contributed by atoms with E-state index in [1.54, 1.807) is 6.08 Å². The monoisotopic (exact) mass is 1120 g/mol. The Bertz CT molecular complexity index is 1620. The van der Waals surface area contributed by atoms with Gasteiger partial charge in [0.05, 0.1) is 25.4 Å². The molecule has 0 spiro atoms. The molecule has 462 valence electrons. The van der Waals surface area contributed by atoms with Crippen molar-refractivity contribution in [3.05, 3.63) is 85.1 Å². The predicted octanol–water partition coefficient (Wildman–Crippen LogP) is 16.1. The zero-order chi connectivity index (χ0) is 58.2. The van der Waals surface area contributed by atoms with Crippen molar-refractivity contribution in [2.24, 2.45) is 0 Å². The molecule has 1 aliphatic rings. The lowest BCUT2D eigenvalue weighted by molar-refractivity contribution is -0.305. The topological polar surface area (TPSA) is 175 Å². The van der Waals surface area contributed by atoms with Crippen LogP contribution in [0.15, 0.2) is 85.1 Å². The Morgan fingerprint density at radius 3 is 1.35 bits per heavy atom. The highest BCUT2D eigenvalue weighted by Gasteiger charge is 2.47. The molecule has 0 aliphatic carbocycles. The first kappa shape index (κ1) is 74.9. The summed E-state index contributed by atoms with van der Waals surface area (Å²) < 4.78 is 17.6. The van der Waals surface area contributed by atoms with Crippen LogP contribution in [0.2, 0.25) is 0 Å². The highest BCUT2D eigenvalue weighted by molar-refractivity contribution is 5.80. The summed E-state index contributed by atoms with van der Waals surface area (Å²) in [5.74, 6) is -1.21. The van der Waals surface area contributed by atoms with Gasteiger partial charge in [0, 0.05) is 6.42 Å². The van der Waals surface area contributed by atoms with Gasteiger partial charge in [0.15, 0.2) is 12.4 Å². The van der Waals surface area contributed by atoms with Crippen molar-refractivity contribution in [3.8, 4) is 0 Å². The van der Waals surface area contributed by atoms with Gasteiger partial charge in [-0.25, -0.2) is 0 Å². The lowest BCUT2D eigenvalue weighted by Crippen LogP contribution is -2.61. The highest BCUT2D eigenvalue weighted by atomic mass is 16.7. The van der Waals surface area contributed by atoms with E-state index in [9.17, 15) is 35.1 Å². The van der Waals surface area contributed by atoms with Crippen LogP contribution in [0.5, 0.6) is 0 Å². The smallest absolute Gasteiger partial charge is 0.306 e. The van der Waals surface area contributed by atoms with E-state index >= 15 is 0 Å². The van der Waals surface area contributed by atoms with E-state index in [0.29, 0.717) is 19.3 Å². The first-order valence-corrected chi connectivity index (χ1v) is 32.9. The maximum absolute atomic E-state index is 13.4. The van der Waals surface area contributed by atoms with Gasteiger partial charge in [-0.15, -0.1) is 0 Å². The van der Waals surface area contributed by atoms with Crippen molar-refractivity contribution >= 4 is 11.9 Å². The zero-order valence-electron chi connectivity index (χ0n) is 51.2. The Kier molecular flexibility index (Phi) is 52.7. The molecule has 0 aromatic heterocycles. The summed E-state index contributed by atoms with van der Waals surface area (Å²) in [6.07, 6.45) is 63.3. The number of ether oxygens (including phenoxy) is 3. The molecule has 0 bridgehead atoms. The van der Waals surface area contributed by atoms with Gasteiger partial charge >= 0.3 is 5.97 Å². The van der Waals surface area contributed by atoms with E-state index in [1.807, 2.05) is 6.08 Å². The van der Waals surface area contributed by atoms with Crippen LogP contribution >= 0.6 is 0 Å². The highest BCUT2D eigenvalue weighted by Crippen LogP contribution is 2.26. The van der Waals surface area contributed by atoms with Crippen LogP contribution in [-0.4, -0.2) is 99.6 Å². The summed E-state index contributed by atoms with van der Waals surface area (Å²) in [5.41, 5.74) is 0. The molecule has 0 aromatic carbocycles. The maximum Gasteiger partial charge on any atom is 0.306 e. The molecule has 1 aliphatic heterocycles. The minimum atomic E-state index is -1.62. The summed E-state index contributed by atoms with van der Waals surface area (Å²) in [6, 6.07) is -1.03. The third kappa shape index (κ3) is 43.5. The first-order chi connectivity index (χ1) is 39.2. The molecule has 1 saturated heterocycles. The minimum Gasteiger partial charge on any atom is -0.454 e. The van der Waals surface area contributed by atoms with Gasteiger partial charge in [-0.1, -0.05) is 279 Å². The fourth-order valence-electron chi connectivity index (χ4n) is 9.89. The summed E-state index contributed by atoms with van der Waals surface area (Å²) in [6.45, 7) is 5.68. The van der Waals surface area contributed by atoms with E-state index in [-0.39, 0.29) is 13.0 Å². The molecule has 0 saturated carbocycles. The normalized spacial score (nSPS) is 19.3. The molecule has 8 atom stereocenters. The second-order valence-electron chi connectivity index (χ2n) is 22.5. The van der Waals surface area contributed by atoms with Gasteiger partial charge in [0.25, 0.3) is 0 Å². The standard InChI is InChI=1S/C69H121NO10/c1-4-7-10-13-16-19-22-25-27-28-29-30-31-32-33-34-35-36-37-39-42-45-48-51-54-57-64(74)80-67-66(76)65(75)63(58-71)79-69(67)78-59-60(61(72)55-52-49-46-43-40-24-21-18-15-12-9-6-3)70-68(77)62(73)56-53-50-47-44-41-38-26-23-20-17-14-11-8-5-2/h7,10,16,19,25,27,29-30,32-33,35-36,52,55,60-63,65-67,69,71-73,75-76H,4-6,8-9,11-15,17-18,20-24,26,28,31,34,37-51,53-54,56-59H2,1-3H3,(H,70,77)/b10-7-,19-16-,27-25-,30-29-,33-32-,36-35-,55-52+. The van der Waals surface area contributed by atoms with E-state index in [2.05, 4.69) is 99.0 Å². The number of hydrogen-bond donors (Lipinski definition) is 6. The molecular formula is C69H121NO10. The van der Waals surface area contributed by atoms with Gasteiger partial charge < -0.3 is 45.1 Å². The van der Waals surface area contributed by atoms with Gasteiger partial charge in [-0.05, 0) is 77.0 Å². The fourth-order valence-corrected chi connectivity index (χ4v) is 9.89. The first-order valence-electron chi connectivity index (χ1n) is 32.9. The lowest BCUT2D eigenvalue weighted by Gasteiger charge is -2.41. The number of allylic oxidation sites excluding steroid dienone is 13. The van der Waals surface area contributed by atoms with Crippen molar-refractivity contribution in [1.82, 2.24) is 5.32 Å². The number of esters is 1. The van der Waals surface area contributed by atoms with Crippen LogP contribution in [-0.2, 0) is 23.8 Å². The van der Waals surface area contributed by atoms with Crippen molar-refractivity contribution in [1.29, 1.82) is 0 Å². The fraction of sp³-hybridized carbons (Fsp3) is 0.768. The van der Waals surface area contributed by atoms with Crippen LogP contribution in [0.1, 0.15) is 278 Å². The van der Waals surface area contributed by atoms with Crippen LogP contribution in [0.25, 0.3) is 0 Å². The summed E-state index contributed by atoms with van der Waals surface area (Å²) >= 11 is 0. The minimum absolute atomic E-state index is 0.104. The van der Waals surface area contributed by atoms with Crippen molar-refractivity contribution in [2.45, 2.75) is 327 Å². The van der Waals surface area contributed by atoms with Crippen LogP contribution < -0.4 is 5.32 Å². The second-order valence-corrected chi connectivity index (χ2v) is 22.5. The van der Waals surface area contributed by atoms with E-state index in [0.717, 1.165) is 116 Å². The molecule has 8 unspecified atom stereocenters. The number of nitrogens with one attached hydrogen (secondary N) is 1. The third-order valence-corrected chi connectivity index (χ3v) is 15.1. The Hall–Kier alpha value is -3.16. The molecule has 1 rings (SSSR count). The molecule has 6 N–H and O–H groups in total. The third-order valence-electron chi connectivity index (χ3n) is 15.1. The Morgan fingerprint density at radius 2 is 0.900 bits per heavy atom. The van der Waals surface area contributed by atoms with E-state index in [1.165, 1.54) is 116 Å². The second kappa shape index (κ2) is 56.3. The van der Waals surface area contributed by atoms with Gasteiger partial charge in [0.1, 0.15) is 24.4 Å². The Morgan fingerprint density at radius 1 is 0.500 bits per heavy atom. The number of aliphatic hydroxyl groups is 5. The number of carbonyl (C=O) groups is 2. The number of aliphatic hydroxyl groups excluding tert-OH is 5. The maximum atomic E-state index is 13.4. The quantitative estimate of drug-likeness (QED) is 0.0195. The molecule has 0 radical (unpaired) electrons. The largest absolute Gasteiger partial charge is 0.454 e. The molecule has 1 heterocycles. The predicted molar refractivity (Wildman–Crippen MR) is 333 cm³/mol. The molecule has 80 heavy (non-hydrogen) atoms. The SMILES string of the molecule is CC/C=C\C/C=C\C/C=C\C/C=C\C/C=C\C/C=C\CCCCCCCCC(=O)OC1C(OCC(NC(=O)C(O)CCCCCCCCCCCCCCCC)C(O)/C=C/CCCCCCCCCCCC)OC(CO)C(O)C1O. The van der Waals surface area contributed by atoms with Gasteiger partial charge in [-0.3, -0.25) is 9.59 Å². The summed E-state index contributed by atoms with van der Waals surface area (Å²) in [4.78, 5) is 26.6. The van der Waals surface area contributed by atoms with Gasteiger partial charge in [0.2, 0.25) is 5.91 Å². The number of unbranched alkanes of at least 4 members (excludes halogenated alkanes) is 29. The Labute approximate surface area is 489 Å². The van der Waals surface area contributed by atoms with E-state index < -0.39 is 67.4 Å². The van der Waals surface area contributed by atoms with Crippen molar-refractivity contribution in [3.63, 3.8) is 0 Å². The average Bonchev–Trinajstić information content (AvgIpc) is 3.46. The molecule has 11 nitrogen and oxygen atoms in total. The number of amides is 1. The van der Waals surface area contributed by atoms with Crippen LogP contribution in [0.3, 0.4) is 0 Å². The zero-order valence-corrected chi connectivity index (χ0v) is 51.2. The number of hydrogen-bond acceptors (Lipinski definition) is 10. The van der Waals surface area contributed by atoms with Crippen molar-refractivity contribution < 1.29 is 49.3 Å².